The number of aromatic nitrogens is 3. The van der Waals surface area contributed by atoms with Crippen LogP contribution >= 0.6 is 0 Å². The summed E-state index contributed by atoms with van der Waals surface area (Å²) in [5.41, 5.74) is 3.90. The number of esters is 1. The number of halogens is 2. The fraction of sp³-hybridized carbons (Fsp3) is 0.438. The molecule has 1 saturated carbocycles. The topological polar surface area (TPSA) is 90.5 Å². The van der Waals surface area contributed by atoms with Crippen LogP contribution in [0.3, 0.4) is 0 Å². The number of amides is 1. The van der Waals surface area contributed by atoms with Gasteiger partial charge in [-0.1, -0.05) is 11.2 Å². The number of carbonyl (C=O) groups excluding carboxylic acids is 2. The zero-order valence-corrected chi connectivity index (χ0v) is 24.4. The molecular weight excluding hydrogens is 542 g/mol. The van der Waals surface area contributed by atoms with E-state index < -0.39 is 23.3 Å². The van der Waals surface area contributed by atoms with Crippen LogP contribution in [0.4, 0.5) is 14.5 Å². The summed E-state index contributed by atoms with van der Waals surface area (Å²) < 4.78 is 41.3. The third kappa shape index (κ3) is 4.97. The summed E-state index contributed by atoms with van der Waals surface area (Å²) >= 11 is 0. The van der Waals surface area contributed by atoms with Crippen molar-refractivity contribution in [3.63, 3.8) is 0 Å². The minimum absolute atomic E-state index is 0.0602. The molecule has 8 nitrogen and oxygen atoms in total. The lowest BCUT2D eigenvalue weighted by Gasteiger charge is -2.27. The quantitative estimate of drug-likeness (QED) is 0.235. The van der Waals surface area contributed by atoms with Crippen LogP contribution in [0.2, 0.25) is 0 Å². The fourth-order valence-electron chi connectivity index (χ4n) is 6.47. The van der Waals surface area contributed by atoms with Gasteiger partial charge in [-0.25, -0.2) is 13.8 Å². The number of hydrogen-bond acceptors (Lipinski definition) is 6. The van der Waals surface area contributed by atoms with Crippen molar-refractivity contribution in [3.05, 3.63) is 65.3 Å². The highest BCUT2D eigenvalue weighted by Gasteiger charge is 2.41. The van der Waals surface area contributed by atoms with Gasteiger partial charge in [-0.2, -0.15) is 0 Å². The Kier molecular flexibility index (Phi) is 6.90. The van der Waals surface area contributed by atoms with Gasteiger partial charge in [-0.15, -0.1) is 0 Å². The van der Waals surface area contributed by atoms with E-state index in [4.69, 9.17) is 14.2 Å². The number of carbonyl (C=O) groups is 2. The monoisotopic (exact) mass is 576 g/mol. The van der Waals surface area contributed by atoms with Gasteiger partial charge in [0, 0.05) is 29.8 Å². The van der Waals surface area contributed by atoms with Crippen LogP contribution in [0.5, 0.6) is 0 Å². The van der Waals surface area contributed by atoms with Gasteiger partial charge in [0.25, 0.3) is 0 Å². The van der Waals surface area contributed by atoms with Crippen LogP contribution in [0, 0.1) is 31.4 Å². The Hall–Kier alpha value is -4.08. The van der Waals surface area contributed by atoms with Crippen LogP contribution in [0.25, 0.3) is 22.2 Å². The number of ether oxygens (including phenoxy) is 1. The molecule has 6 rings (SSSR count). The lowest BCUT2D eigenvalue weighted by molar-refractivity contribution is -0.159. The molecule has 2 fully saturated rings. The molecule has 220 valence electrons. The third-order valence-electron chi connectivity index (χ3n) is 8.24. The molecule has 2 aliphatic rings. The summed E-state index contributed by atoms with van der Waals surface area (Å²) in [6, 6.07) is 8.97. The first-order valence-electron chi connectivity index (χ1n) is 14.4. The summed E-state index contributed by atoms with van der Waals surface area (Å²) in [5.74, 6) is -1.27. The molecule has 0 N–H and O–H groups in total. The summed E-state index contributed by atoms with van der Waals surface area (Å²) in [7, 11) is 0. The van der Waals surface area contributed by atoms with E-state index in [2.05, 4.69) is 9.72 Å². The molecule has 2 aromatic heterocycles. The molecule has 0 radical (unpaired) electrons. The number of fused-ring (bicyclic) bond motifs is 1. The summed E-state index contributed by atoms with van der Waals surface area (Å²) in [4.78, 5) is 32.7. The second-order valence-corrected chi connectivity index (χ2v) is 12.4. The molecule has 1 aliphatic heterocycles. The summed E-state index contributed by atoms with van der Waals surface area (Å²) in [6.07, 6.45) is 2.71. The minimum Gasteiger partial charge on any atom is -0.460 e. The van der Waals surface area contributed by atoms with E-state index in [0.717, 1.165) is 46.4 Å². The van der Waals surface area contributed by atoms with Gasteiger partial charge in [0.05, 0.1) is 28.7 Å². The van der Waals surface area contributed by atoms with Crippen molar-refractivity contribution in [1.29, 1.82) is 0 Å². The number of nitrogens with zero attached hydrogens (tertiary/aromatic N) is 4. The zero-order valence-electron chi connectivity index (χ0n) is 24.4. The summed E-state index contributed by atoms with van der Waals surface area (Å²) in [5, 5.41) is 4.09. The van der Waals surface area contributed by atoms with E-state index >= 15 is 0 Å². The van der Waals surface area contributed by atoms with E-state index in [9.17, 15) is 18.4 Å². The highest BCUT2D eigenvalue weighted by Crippen LogP contribution is 2.44. The Morgan fingerprint density at radius 2 is 1.83 bits per heavy atom. The molecule has 1 aliphatic carbocycles. The van der Waals surface area contributed by atoms with Crippen molar-refractivity contribution >= 4 is 28.6 Å². The van der Waals surface area contributed by atoms with Crippen molar-refractivity contribution in [2.45, 2.75) is 84.4 Å². The average molecular weight is 577 g/mol. The van der Waals surface area contributed by atoms with Gasteiger partial charge in [0.15, 0.2) is 11.6 Å². The second kappa shape index (κ2) is 10.3. The predicted octanol–water partition coefficient (Wildman–Crippen LogP) is 7.14. The van der Waals surface area contributed by atoms with E-state index in [1.54, 1.807) is 0 Å². The van der Waals surface area contributed by atoms with E-state index in [1.165, 1.54) is 11.0 Å². The first kappa shape index (κ1) is 28.1. The largest absolute Gasteiger partial charge is 0.460 e. The van der Waals surface area contributed by atoms with Crippen LogP contribution in [0.1, 0.15) is 82.2 Å². The number of aryl methyl sites for hydroxylation is 2. The van der Waals surface area contributed by atoms with Crippen molar-refractivity contribution in [1.82, 2.24) is 14.7 Å². The Morgan fingerprint density at radius 1 is 1.05 bits per heavy atom. The van der Waals surface area contributed by atoms with Gasteiger partial charge in [0.1, 0.15) is 17.2 Å². The predicted molar refractivity (Wildman–Crippen MR) is 153 cm³/mol. The fourth-order valence-corrected chi connectivity index (χ4v) is 6.47. The van der Waals surface area contributed by atoms with Gasteiger partial charge in [-0.3, -0.25) is 9.59 Å². The van der Waals surface area contributed by atoms with Gasteiger partial charge >= 0.3 is 5.97 Å². The highest BCUT2D eigenvalue weighted by molar-refractivity contribution is 5.96. The van der Waals surface area contributed by atoms with Gasteiger partial charge in [0.2, 0.25) is 5.91 Å². The molecule has 3 atom stereocenters. The van der Waals surface area contributed by atoms with E-state index in [-0.39, 0.29) is 35.9 Å². The number of imidazole rings is 1. The first-order valence-corrected chi connectivity index (χ1v) is 14.4. The Labute approximate surface area is 242 Å². The zero-order chi connectivity index (χ0) is 29.9. The normalized spacial score (nSPS) is 21.1. The molecule has 1 amide bonds. The van der Waals surface area contributed by atoms with Crippen LogP contribution in [-0.2, 0) is 14.3 Å². The van der Waals surface area contributed by atoms with Gasteiger partial charge in [-0.05, 0) is 90.1 Å². The first-order chi connectivity index (χ1) is 19.9. The number of hydrogen-bond donors (Lipinski definition) is 0. The lowest BCUT2D eigenvalue weighted by Crippen LogP contribution is -2.30. The van der Waals surface area contributed by atoms with Crippen molar-refractivity contribution in [2.24, 2.45) is 5.92 Å². The molecule has 10 heteroatoms. The number of benzene rings is 2. The highest BCUT2D eigenvalue weighted by atomic mass is 19.2. The maximum atomic E-state index is 14.3. The molecule has 0 bridgehead atoms. The number of rotatable bonds is 5. The standard InChI is InChI=1S/C32H34F2N4O4/c1-17-29(18(2)42-36-17)19-7-11-26-25(15-19)35-30(38(26)21-8-6-20(14-21)31(40)41-32(3,4)5)27-12-13-28(39)37(27)22-9-10-23(33)24(34)16-22/h7,9-11,15-16,20-21,27H,6,8,12-14H2,1-5H3/t20?,21-,27+/m1/s1. The Balaban J connectivity index is 1.45. The minimum atomic E-state index is -1.01. The molecular formula is C32H34F2N4O4. The van der Waals surface area contributed by atoms with Crippen LogP contribution < -0.4 is 4.90 Å². The average Bonchev–Trinajstić information content (AvgIpc) is 3.69. The molecule has 42 heavy (non-hydrogen) atoms. The van der Waals surface area contributed by atoms with Crippen molar-refractivity contribution < 1.29 is 27.6 Å². The second-order valence-electron chi connectivity index (χ2n) is 12.4. The third-order valence-corrected chi connectivity index (χ3v) is 8.24. The molecule has 1 saturated heterocycles. The Bertz CT molecular complexity index is 1680. The molecule has 4 aromatic rings. The maximum Gasteiger partial charge on any atom is 0.309 e. The summed E-state index contributed by atoms with van der Waals surface area (Å²) in [6.45, 7) is 9.33. The van der Waals surface area contributed by atoms with Crippen molar-refractivity contribution in [2.75, 3.05) is 4.90 Å². The number of anilines is 1. The van der Waals surface area contributed by atoms with Crippen molar-refractivity contribution in [3.8, 4) is 11.1 Å². The SMILES string of the molecule is Cc1noc(C)c1-c1ccc2c(c1)nc([C@@H]1CCC(=O)N1c1ccc(F)c(F)c1)n2[C@@H]1CCC(C(=O)OC(C)(C)C)C1. The van der Waals surface area contributed by atoms with Gasteiger partial charge < -0.3 is 18.7 Å². The van der Waals surface area contributed by atoms with Crippen LogP contribution in [0.15, 0.2) is 40.9 Å². The maximum absolute atomic E-state index is 14.3. The Morgan fingerprint density at radius 3 is 2.52 bits per heavy atom. The van der Waals surface area contributed by atoms with Crippen LogP contribution in [-0.4, -0.2) is 32.2 Å². The smallest absolute Gasteiger partial charge is 0.309 e. The molecule has 1 unspecified atom stereocenters. The lowest BCUT2D eigenvalue weighted by atomic mass is 10.0. The molecule has 3 heterocycles. The van der Waals surface area contributed by atoms with E-state index in [0.29, 0.717) is 30.8 Å². The molecule has 0 spiro atoms. The molecule has 2 aromatic carbocycles. The van der Waals surface area contributed by atoms with E-state index in [1.807, 2.05) is 52.8 Å².